The Hall–Kier alpha value is -3.69. The summed E-state index contributed by atoms with van der Waals surface area (Å²) in [5.74, 6) is 1.55. The number of methoxy groups -OCH3 is 2. The molecule has 9 heteroatoms. The molecule has 2 atom stereocenters. The predicted octanol–water partition coefficient (Wildman–Crippen LogP) is 4.28. The Labute approximate surface area is 209 Å². The number of piperidine rings is 1. The fourth-order valence-electron chi connectivity index (χ4n) is 4.87. The van der Waals surface area contributed by atoms with E-state index in [-0.39, 0.29) is 12.5 Å². The van der Waals surface area contributed by atoms with E-state index >= 15 is 0 Å². The normalized spacial score (nSPS) is 18.3. The van der Waals surface area contributed by atoms with E-state index in [1.807, 2.05) is 64.0 Å². The Morgan fingerprint density at radius 3 is 2.69 bits per heavy atom. The number of β-amino-alcohol motifs (C(OH)–C–C–N with tert-alkyl or cyclic N) is 1. The van der Waals surface area contributed by atoms with Crippen molar-refractivity contribution in [1.82, 2.24) is 19.5 Å². The van der Waals surface area contributed by atoms with E-state index in [1.54, 1.807) is 20.4 Å². The standard InChI is InChI=1S/C27H30FN5O3/c1-35-25-6-4-3-5-21(25)24-10-8-19-16-29-27(31-33(19)24)30-23-9-7-18(15-26(23)36-2)20-11-12-32(13-14-34)17-22(20)28/h3-10,15-16,20,22,34H,11-14,17H2,1-2H3,(H,30,31)/t20-,22+/m0/s1. The average Bonchev–Trinajstić information content (AvgIpc) is 3.32. The number of aliphatic hydroxyl groups is 1. The number of para-hydroxylation sites is 1. The first-order chi connectivity index (χ1) is 17.6. The van der Waals surface area contributed by atoms with E-state index in [1.165, 1.54) is 0 Å². The number of aromatic nitrogens is 3. The molecule has 2 aromatic heterocycles. The molecule has 1 aliphatic heterocycles. The fourth-order valence-corrected chi connectivity index (χ4v) is 4.87. The number of anilines is 2. The van der Waals surface area contributed by atoms with Crippen LogP contribution in [0.25, 0.3) is 16.8 Å². The molecule has 5 rings (SSSR count). The van der Waals surface area contributed by atoms with Gasteiger partial charge in [-0.3, -0.25) is 4.90 Å². The molecule has 36 heavy (non-hydrogen) atoms. The van der Waals surface area contributed by atoms with Crippen molar-refractivity contribution < 1.29 is 19.0 Å². The summed E-state index contributed by atoms with van der Waals surface area (Å²) in [5.41, 5.74) is 4.26. The van der Waals surface area contributed by atoms with Crippen LogP contribution in [-0.4, -0.2) is 71.2 Å². The van der Waals surface area contributed by atoms with Crippen molar-refractivity contribution in [3.05, 3.63) is 66.4 Å². The van der Waals surface area contributed by atoms with Gasteiger partial charge in [0.2, 0.25) is 5.95 Å². The van der Waals surface area contributed by atoms with E-state index in [0.717, 1.165) is 34.6 Å². The Kier molecular flexibility index (Phi) is 7.02. The number of hydrogen-bond acceptors (Lipinski definition) is 7. The van der Waals surface area contributed by atoms with Gasteiger partial charge in [0.25, 0.3) is 0 Å². The van der Waals surface area contributed by atoms with E-state index < -0.39 is 6.17 Å². The van der Waals surface area contributed by atoms with Crippen LogP contribution in [0.2, 0.25) is 0 Å². The van der Waals surface area contributed by atoms with Gasteiger partial charge in [-0.25, -0.2) is 13.9 Å². The monoisotopic (exact) mass is 491 g/mol. The van der Waals surface area contributed by atoms with Crippen molar-refractivity contribution in [1.29, 1.82) is 0 Å². The number of ether oxygens (including phenoxy) is 2. The maximum Gasteiger partial charge on any atom is 0.245 e. The van der Waals surface area contributed by atoms with Crippen molar-refractivity contribution in [3.63, 3.8) is 0 Å². The molecule has 8 nitrogen and oxygen atoms in total. The second-order valence-electron chi connectivity index (χ2n) is 8.86. The summed E-state index contributed by atoms with van der Waals surface area (Å²) in [6.45, 7) is 1.63. The third kappa shape index (κ3) is 4.72. The quantitative estimate of drug-likeness (QED) is 0.381. The Bertz CT molecular complexity index is 1340. The number of aliphatic hydroxyl groups excluding tert-OH is 1. The van der Waals surface area contributed by atoms with Gasteiger partial charge >= 0.3 is 0 Å². The molecule has 1 aliphatic rings. The Morgan fingerprint density at radius 2 is 1.92 bits per heavy atom. The number of nitrogens with zero attached hydrogens (tertiary/aromatic N) is 4. The van der Waals surface area contributed by atoms with Crippen molar-refractivity contribution in [3.8, 4) is 22.8 Å². The third-order valence-corrected chi connectivity index (χ3v) is 6.72. The lowest BCUT2D eigenvalue weighted by Crippen LogP contribution is -2.42. The molecule has 0 spiro atoms. The number of likely N-dealkylation sites (tertiary alicyclic amines) is 1. The molecule has 0 unspecified atom stereocenters. The topological polar surface area (TPSA) is 84.2 Å². The summed E-state index contributed by atoms with van der Waals surface area (Å²) in [7, 11) is 3.24. The van der Waals surface area contributed by atoms with E-state index in [4.69, 9.17) is 19.7 Å². The largest absolute Gasteiger partial charge is 0.496 e. The summed E-state index contributed by atoms with van der Waals surface area (Å²) in [5, 5.41) is 17.1. The number of rotatable bonds is 8. The number of fused-ring (bicyclic) bond motifs is 1. The molecule has 3 heterocycles. The van der Waals surface area contributed by atoms with Crippen LogP contribution in [0.3, 0.4) is 0 Å². The second kappa shape index (κ2) is 10.5. The van der Waals surface area contributed by atoms with E-state index in [2.05, 4.69) is 10.3 Å². The number of hydrogen-bond donors (Lipinski definition) is 2. The van der Waals surface area contributed by atoms with Crippen LogP contribution < -0.4 is 14.8 Å². The van der Waals surface area contributed by atoms with Gasteiger partial charge < -0.3 is 19.9 Å². The zero-order chi connectivity index (χ0) is 25.1. The minimum Gasteiger partial charge on any atom is -0.496 e. The summed E-state index contributed by atoms with van der Waals surface area (Å²) in [6.07, 6.45) is 1.45. The fraction of sp³-hybridized carbons (Fsp3) is 0.333. The zero-order valence-electron chi connectivity index (χ0n) is 20.4. The molecule has 1 fully saturated rings. The SMILES string of the molecule is COc1cc([C@@H]2CCN(CCO)C[C@H]2F)ccc1Nc1ncc2ccc(-c3ccccc3OC)n2n1. The van der Waals surface area contributed by atoms with Crippen LogP contribution in [-0.2, 0) is 0 Å². The molecule has 2 aromatic carbocycles. The molecule has 1 saturated heterocycles. The summed E-state index contributed by atoms with van der Waals surface area (Å²) < 4.78 is 27.9. The highest BCUT2D eigenvalue weighted by atomic mass is 19.1. The maximum atomic E-state index is 14.9. The lowest BCUT2D eigenvalue weighted by molar-refractivity contribution is 0.0995. The highest BCUT2D eigenvalue weighted by Gasteiger charge is 2.30. The minimum atomic E-state index is -0.998. The summed E-state index contributed by atoms with van der Waals surface area (Å²) >= 11 is 0. The van der Waals surface area contributed by atoms with Gasteiger partial charge in [0.05, 0.1) is 43.9 Å². The predicted molar refractivity (Wildman–Crippen MR) is 137 cm³/mol. The molecular formula is C27H30FN5O3. The molecule has 188 valence electrons. The van der Waals surface area contributed by atoms with Gasteiger partial charge in [-0.05, 0) is 54.9 Å². The Balaban J connectivity index is 1.40. The summed E-state index contributed by atoms with van der Waals surface area (Å²) in [4.78, 5) is 6.42. The van der Waals surface area contributed by atoms with Gasteiger partial charge in [-0.2, -0.15) is 0 Å². The van der Waals surface area contributed by atoms with Gasteiger partial charge in [0.1, 0.15) is 17.7 Å². The molecule has 0 radical (unpaired) electrons. The molecule has 0 aliphatic carbocycles. The smallest absolute Gasteiger partial charge is 0.245 e. The zero-order valence-corrected chi connectivity index (χ0v) is 20.4. The highest BCUT2D eigenvalue weighted by molar-refractivity contribution is 5.72. The molecule has 2 N–H and O–H groups in total. The van der Waals surface area contributed by atoms with Crippen molar-refractivity contribution in [2.24, 2.45) is 0 Å². The lowest BCUT2D eigenvalue weighted by Gasteiger charge is -2.34. The first-order valence-corrected chi connectivity index (χ1v) is 12.0. The van der Waals surface area contributed by atoms with Gasteiger partial charge in [-0.15, -0.1) is 5.10 Å². The van der Waals surface area contributed by atoms with Crippen LogP contribution in [0.5, 0.6) is 11.5 Å². The molecule has 0 bridgehead atoms. The highest BCUT2D eigenvalue weighted by Crippen LogP contribution is 2.36. The van der Waals surface area contributed by atoms with Crippen molar-refractivity contribution in [2.45, 2.75) is 18.5 Å². The van der Waals surface area contributed by atoms with Crippen molar-refractivity contribution in [2.75, 3.05) is 45.8 Å². The first-order valence-electron chi connectivity index (χ1n) is 12.0. The van der Waals surface area contributed by atoms with E-state index in [9.17, 15) is 4.39 Å². The van der Waals surface area contributed by atoms with Crippen LogP contribution in [0.15, 0.2) is 60.8 Å². The lowest BCUT2D eigenvalue weighted by atomic mass is 9.87. The second-order valence-corrected chi connectivity index (χ2v) is 8.86. The molecule has 4 aromatic rings. The number of benzene rings is 2. The van der Waals surface area contributed by atoms with Gasteiger partial charge in [-0.1, -0.05) is 18.2 Å². The minimum absolute atomic E-state index is 0.0445. The van der Waals surface area contributed by atoms with Gasteiger partial charge in [0.15, 0.2) is 0 Å². The molecular weight excluding hydrogens is 461 g/mol. The first kappa shape index (κ1) is 24.0. The number of nitrogens with one attached hydrogen (secondary N) is 1. The number of alkyl halides is 1. The van der Waals surface area contributed by atoms with Gasteiger partial charge in [0, 0.05) is 24.6 Å². The van der Waals surface area contributed by atoms with Crippen LogP contribution in [0.4, 0.5) is 16.0 Å². The number of halogens is 1. The van der Waals surface area contributed by atoms with Crippen LogP contribution in [0.1, 0.15) is 17.9 Å². The Morgan fingerprint density at radius 1 is 1.08 bits per heavy atom. The van der Waals surface area contributed by atoms with Crippen molar-refractivity contribution >= 4 is 17.2 Å². The van der Waals surface area contributed by atoms with Crippen LogP contribution in [0, 0.1) is 0 Å². The third-order valence-electron chi connectivity index (χ3n) is 6.72. The summed E-state index contributed by atoms with van der Waals surface area (Å²) in [6, 6.07) is 17.4. The average molecular weight is 492 g/mol. The van der Waals surface area contributed by atoms with Crippen LogP contribution >= 0.6 is 0 Å². The van der Waals surface area contributed by atoms with E-state index in [0.29, 0.717) is 36.9 Å². The molecule has 0 amide bonds. The molecule has 0 saturated carbocycles. The maximum absolute atomic E-state index is 14.9.